The number of anilines is 2. The van der Waals surface area contributed by atoms with Crippen LogP contribution in [0.25, 0.3) is 0 Å². The SMILES string of the molecule is CSc1ccc2c(c1CC(C)C)N(CCC1CCCCN1C)c1ccccc1S2. The van der Waals surface area contributed by atoms with Gasteiger partial charge in [0, 0.05) is 27.3 Å². The van der Waals surface area contributed by atoms with E-state index in [2.05, 4.69) is 73.3 Å². The number of thioether (sulfide) groups is 1. The molecule has 2 aromatic carbocycles. The van der Waals surface area contributed by atoms with Crippen LogP contribution in [0, 0.1) is 5.92 Å². The molecule has 29 heavy (non-hydrogen) atoms. The molecular weight excluding hydrogens is 392 g/mol. The Labute approximate surface area is 185 Å². The minimum Gasteiger partial charge on any atom is -0.339 e. The van der Waals surface area contributed by atoms with Gasteiger partial charge in [-0.15, -0.1) is 11.8 Å². The standard InChI is InChI=1S/C25H34N2S2/c1-18(2)17-20-22(28-4)12-13-24-25(20)27(21-10-5-6-11-23(21)29-24)16-14-19-9-7-8-15-26(19)3/h5-6,10-13,18-19H,7-9,14-17H2,1-4H3. The van der Waals surface area contributed by atoms with E-state index in [1.54, 1.807) is 5.56 Å². The van der Waals surface area contributed by atoms with Crippen molar-refractivity contribution in [2.45, 2.75) is 66.7 Å². The number of nitrogens with zero attached hydrogens (tertiary/aromatic N) is 2. The van der Waals surface area contributed by atoms with Crippen LogP contribution in [-0.2, 0) is 6.42 Å². The molecule has 4 heteroatoms. The van der Waals surface area contributed by atoms with Crippen molar-refractivity contribution in [3.8, 4) is 0 Å². The van der Waals surface area contributed by atoms with Crippen LogP contribution in [0.15, 0.2) is 51.1 Å². The molecule has 2 aliphatic rings. The monoisotopic (exact) mass is 426 g/mol. The Morgan fingerprint density at radius 2 is 1.93 bits per heavy atom. The van der Waals surface area contributed by atoms with Crippen LogP contribution in [0.4, 0.5) is 11.4 Å². The molecule has 4 rings (SSSR count). The second-order valence-electron chi connectivity index (χ2n) is 8.83. The van der Waals surface area contributed by atoms with Crippen LogP contribution in [0.3, 0.4) is 0 Å². The molecule has 2 heterocycles. The Balaban J connectivity index is 1.73. The van der Waals surface area contributed by atoms with E-state index in [-0.39, 0.29) is 0 Å². The summed E-state index contributed by atoms with van der Waals surface area (Å²) in [7, 11) is 2.31. The summed E-state index contributed by atoms with van der Waals surface area (Å²) in [4.78, 5) is 9.50. The lowest BCUT2D eigenvalue weighted by atomic mass is 9.97. The summed E-state index contributed by atoms with van der Waals surface area (Å²) >= 11 is 3.84. The Hall–Kier alpha value is -1.10. The highest BCUT2D eigenvalue weighted by Gasteiger charge is 2.29. The maximum atomic E-state index is 2.65. The fraction of sp³-hybridized carbons (Fsp3) is 0.520. The molecule has 1 unspecified atom stereocenters. The van der Waals surface area contributed by atoms with Gasteiger partial charge in [-0.05, 0) is 81.3 Å². The third-order valence-electron chi connectivity index (χ3n) is 6.29. The summed E-state index contributed by atoms with van der Waals surface area (Å²) in [5.41, 5.74) is 4.42. The van der Waals surface area contributed by atoms with Crippen LogP contribution in [0.5, 0.6) is 0 Å². The van der Waals surface area contributed by atoms with Crippen LogP contribution < -0.4 is 4.90 Å². The smallest absolute Gasteiger partial charge is 0.0596 e. The summed E-state index contributed by atoms with van der Waals surface area (Å²) in [5.74, 6) is 0.654. The van der Waals surface area contributed by atoms with E-state index in [4.69, 9.17) is 0 Å². The molecule has 0 aliphatic carbocycles. The zero-order valence-corrected chi connectivity index (χ0v) is 19.9. The Morgan fingerprint density at radius 3 is 2.69 bits per heavy atom. The zero-order chi connectivity index (χ0) is 20.4. The lowest BCUT2D eigenvalue weighted by Gasteiger charge is -2.38. The summed E-state index contributed by atoms with van der Waals surface area (Å²) in [6.45, 7) is 7.04. The van der Waals surface area contributed by atoms with Crippen LogP contribution in [-0.4, -0.2) is 37.3 Å². The number of benzene rings is 2. The largest absolute Gasteiger partial charge is 0.339 e. The highest BCUT2D eigenvalue weighted by Crippen LogP contribution is 2.51. The first-order valence-corrected chi connectivity index (χ1v) is 13.1. The van der Waals surface area contributed by atoms with Crippen molar-refractivity contribution >= 4 is 34.9 Å². The molecule has 0 amide bonds. The summed E-state index contributed by atoms with van der Waals surface area (Å²) in [6.07, 6.45) is 8.68. The van der Waals surface area contributed by atoms with Gasteiger partial charge in [-0.2, -0.15) is 0 Å². The first kappa shape index (κ1) is 21.1. The van der Waals surface area contributed by atoms with Crippen molar-refractivity contribution in [1.29, 1.82) is 0 Å². The Kier molecular flexibility index (Phi) is 6.83. The topological polar surface area (TPSA) is 6.48 Å². The molecule has 0 spiro atoms. The molecule has 0 radical (unpaired) electrons. The fourth-order valence-electron chi connectivity index (χ4n) is 4.80. The number of piperidine rings is 1. The number of hydrogen-bond acceptors (Lipinski definition) is 4. The van der Waals surface area contributed by atoms with Gasteiger partial charge in [0.25, 0.3) is 0 Å². The fourth-order valence-corrected chi connectivity index (χ4v) is 6.56. The second-order valence-corrected chi connectivity index (χ2v) is 10.8. The first-order valence-electron chi connectivity index (χ1n) is 11.0. The predicted molar refractivity (Wildman–Crippen MR) is 129 cm³/mol. The minimum absolute atomic E-state index is 0.654. The summed E-state index contributed by atoms with van der Waals surface area (Å²) < 4.78 is 0. The normalized spacial score (nSPS) is 19.3. The maximum absolute atomic E-state index is 2.65. The summed E-state index contributed by atoms with van der Waals surface area (Å²) in [5, 5.41) is 0. The number of para-hydroxylation sites is 1. The summed E-state index contributed by atoms with van der Waals surface area (Å²) in [6, 6.07) is 14.4. The van der Waals surface area contributed by atoms with E-state index in [1.807, 2.05) is 23.5 Å². The molecule has 156 valence electrons. The van der Waals surface area contributed by atoms with Crippen LogP contribution >= 0.6 is 23.5 Å². The first-order chi connectivity index (χ1) is 14.1. The highest BCUT2D eigenvalue weighted by molar-refractivity contribution is 8.00. The molecule has 2 nitrogen and oxygen atoms in total. The van der Waals surface area contributed by atoms with E-state index >= 15 is 0 Å². The van der Waals surface area contributed by atoms with Crippen LogP contribution in [0.2, 0.25) is 0 Å². The molecule has 0 N–H and O–H groups in total. The number of rotatable bonds is 6. The van der Waals surface area contributed by atoms with E-state index in [1.165, 1.54) is 58.3 Å². The van der Waals surface area contributed by atoms with Crippen molar-refractivity contribution in [2.75, 3.05) is 31.3 Å². The van der Waals surface area contributed by atoms with Gasteiger partial charge >= 0.3 is 0 Å². The van der Waals surface area contributed by atoms with E-state index in [9.17, 15) is 0 Å². The third kappa shape index (κ3) is 4.50. The van der Waals surface area contributed by atoms with Gasteiger partial charge in [0.05, 0.1) is 11.4 Å². The maximum Gasteiger partial charge on any atom is 0.0596 e. The van der Waals surface area contributed by atoms with Crippen molar-refractivity contribution in [3.63, 3.8) is 0 Å². The Bertz CT molecular complexity index is 849. The van der Waals surface area contributed by atoms with Crippen molar-refractivity contribution in [2.24, 2.45) is 5.92 Å². The van der Waals surface area contributed by atoms with Gasteiger partial charge in [0.15, 0.2) is 0 Å². The van der Waals surface area contributed by atoms with Gasteiger partial charge in [-0.3, -0.25) is 0 Å². The molecule has 1 fully saturated rings. The van der Waals surface area contributed by atoms with Gasteiger partial charge in [0.1, 0.15) is 0 Å². The molecule has 1 saturated heterocycles. The van der Waals surface area contributed by atoms with Crippen molar-refractivity contribution in [3.05, 3.63) is 42.0 Å². The van der Waals surface area contributed by atoms with Gasteiger partial charge in [-0.25, -0.2) is 0 Å². The zero-order valence-electron chi connectivity index (χ0n) is 18.3. The number of hydrogen-bond donors (Lipinski definition) is 0. The molecule has 0 bridgehead atoms. The predicted octanol–water partition coefficient (Wildman–Crippen LogP) is 7.08. The van der Waals surface area contributed by atoms with Crippen molar-refractivity contribution in [1.82, 2.24) is 4.90 Å². The molecule has 0 aromatic heterocycles. The van der Waals surface area contributed by atoms with Gasteiger partial charge in [0.2, 0.25) is 0 Å². The van der Waals surface area contributed by atoms with Gasteiger partial charge in [-0.1, -0.05) is 44.2 Å². The van der Waals surface area contributed by atoms with E-state index in [0.717, 1.165) is 13.0 Å². The molecular formula is C25H34N2S2. The number of likely N-dealkylation sites (tertiary alicyclic amines) is 1. The lowest BCUT2D eigenvalue weighted by molar-refractivity contribution is 0.178. The molecule has 2 aliphatic heterocycles. The third-order valence-corrected chi connectivity index (χ3v) is 8.23. The average Bonchev–Trinajstić information content (AvgIpc) is 2.72. The minimum atomic E-state index is 0.654. The Morgan fingerprint density at radius 1 is 1.10 bits per heavy atom. The van der Waals surface area contributed by atoms with Crippen molar-refractivity contribution < 1.29 is 0 Å². The van der Waals surface area contributed by atoms with Crippen LogP contribution in [0.1, 0.15) is 45.1 Å². The molecule has 0 saturated carbocycles. The lowest BCUT2D eigenvalue weighted by Crippen LogP contribution is -2.38. The van der Waals surface area contributed by atoms with E-state index < -0.39 is 0 Å². The number of fused-ring (bicyclic) bond motifs is 2. The quantitative estimate of drug-likeness (QED) is 0.455. The molecule has 1 atom stereocenters. The molecule has 2 aromatic rings. The van der Waals surface area contributed by atoms with Gasteiger partial charge < -0.3 is 9.80 Å². The van der Waals surface area contributed by atoms with E-state index in [0.29, 0.717) is 12.0 Å². The average molecular weight is 427 g/mol. The highest BCUT2D eigenvalue weighted by atomic mass is 32.2. The second kappa shape index (κ2) is 9.36.